The van der Waals surface area contributed by atoms with Gasteiger partial charge in [0, 0.05) is 10.9 Å². The Hall–Kier alpha value is -1.35. The van der Waals surface area contributed by atoms with Crippen molar-refractivity contribution in [2.75, 3.05) is 0 Å². The fourth-order valence-corrected chi connectivity index (χ4v) is 1.01. The van der Waals surface area contributed by atoms with Gasteiger partial charge < -0.3 is 0 Å². The molecule has 0 bridgehead atoms. The van der Waals surface area contributed by atoms with Crippen molar-refractivity contribution in [3.8, 4) is 0 Å². The van der Waals surface area contributed by atoms with Gasteiger partial charge in [-0.15, -0.1) is 0 Å². The third-order valence-electron chi connectivity index (χ3n) is 1.56. The first-order valence-electron chi connectivity index (χ1n) is 3.80. The molecule has 0 saturated carbocycles. The molecule has 0 aliphatic rings. The maximum Gasteiger partial charge on any atom is 0.174 e. The van der Waals surface area contributed by atoms with E-state index in [2.05, 4.69) is 12.2 Å². The summed E-state index contributed by atoms with van der Waals surface area (Å²) in [6.45, 7) is 0. The second kappa shape index (κ2) is 4.62. The van der Waals surface area contributed by atoms with E-state index in [0.717, 1.165) is 5.37 Å². The van der Waals surface area contributed by atoms with Gasteiger partial charge in [0.25, 0.3) is 0 Å². The van der Waals surface area contributed by atoms with Gasteiger partial charge in [-0.3, -0.25) is 9.59 Å². The summed E-state index contributed by atoms with van der Waals surface area (Å²) in [7, 11) is 0. The molecule has 0 radical (unpaired) electrons. The highest BCUT2D eigenvalue weighted by atomic mass is 32.1. The van der Waals surface area contributed by atoms with Crippen molar-refractivity contribution in [1.82, 2.24) is 0 Å². The van der Waals surface area contributed by atoms with Gasteiger partial charge in [0.15, 0.2) is 11.6 Å². The molecule has 1 aromatic rings. The summed E-state index contributed by atoms with van der Waals surface area (Å²) in [5, 5.41) is 1.00. The van der Waals surface area contributed by atoms with Crippen molar-refractivity contribution >= 4 is 29.2 Å². The maximum atomic E-state index is 11.3. The SMILES string of the molecule is O=C(C=S)CC(=O)c1ccccc1. The number of benzene rings is 1. The van der Waals surface area contributed by atoms with Crippen LogP contribution in [0.15, 0.2) is 30.3 Å². The number of carbonyl (C=O) groups excluding carboxylic acids is 2. The van der Waals surface area contributed by atoms with Gasteiger partial charge in [0.1, 0.15) is 0 Å². The molecule has 66 valence electrons. The van der Waals surface area contributed by atoms with Crippen molar-refractivity contribution < 1.29 is 9.59 Å². The molecule has 1 aromatic carbocycles. The van der Waals surface area contributed by atoms with Crippen LogP contribution in [0.25, 0.3) is 0 Å². The van der Waals surface area contributed by atoms with Crippen LogP contribution in [-0.2, 0) is 4.79 Å². The Morgan fingerprint density at radius 1 is 1.23 bits per heavy atom. The predicted octanol–water partition coefficient (Wildman–Crippen LogP) is 1.83. The molecule has 0 atom stereocenters. The summed E-state index contributed by atoms with van der Waals surface area (Å²) in [4.78, 5) is 22.1. The molecule has 0 amide bonds. The molecule has 0 spiro atoms. The third-order valence-corrected chi connectivity index (χ3v) is 1.82. The summed E-state index contributed by atoms with van der Waals surface area (Å²) >= 11 is 4.42. The number of hydrogen-bond acceptors (Lipinski definition) is 3. The molecule has 1 rings (SSSR count). The van der Waals surface area contributed by atoms with E-state index >= 15 is 0 Å². The first kappa shape index (κ1) is 9.74. The predicted molar refractivity (Wildman–Crippen MR) is 54.1 cm³/mol. The first-order chi connectivity index (χ1) is 6.24. The smallest absolute Gasteiger partial charge is 0.174 e. The summed E-state index contributed by atoms with van der Waals surface area (Å²) in [5.41, 5.74) is 0.549. The number of rotatable bonds is 4. The zero-order valence-electron chi connectivity index (χ0n) is 6.90. The highest BCUT2D eigenvalue weighted by molar-refractivity contribution is 7.80. The van der Waals surface area contributed by atoms with E-state index in [4.69, 9.17) is 0 Å². The van der Waals surface area contributed by atoms with Gasteiger partial charge in [-0.2, -0.15) is 0 Å². The first-order valence-corrected chi connectivity index (χ1v) is 4.27. The van der Waals surface area contributed by atoms with Crippen molar-refractivity contribution in [2.45, 2.75) is 6.42 Å². The standard InChI is InChI=1S/C10H8O2S/c11-9(7-13)6-10(12)8-4-2-1-3-5-8/h1-5,7H,6H2. The lowest BCUT2D eigenvalue weighted by atomic mass is 10.1. The molecular formula is C10H8O2S. The van der Waals surface area contributed by atoms with Crippen LogP contribution in [0.2, 0.25) is 0 Å². The highest BCUT2D eigenvalue weighted by Crippen LogP contribution is 2.02. The largest absolute Gasteiger partial charge is 0.294 e. The monoisotopic (exact) mass is 192 g/mol. The summed E-state index contributed by atoms with van der Waals surface area (Å²) in [6.07, 6.45) is -0.131. The maximum absolute atomic E-state index is 11.3. The molecule has 0 aromatic heterocycles. The third kappa shape index (κ3) is 2.87. The minimum absolute atomic E-state index is 0.131. The van der Waals surface area contributed by atoms with Gasteiger partial charge in [0.05, 0.1) is 6.42 Å². The van der Waals surface area contributed by atoms with Gasteiger partial charge in [-0.1, -0.05) is 42.5 Å². The number of hydrogen-bond donors (Lipinski definition) is 0. The number of ketones is 2. The fraction of sp³-hybridized carbons (Fsp3) is 0.100. The summed E-state index contributed by atoms with van der Waals surface area (Å²) in [6, 6.07) is 8.69. The molecule has 0 unspecified atom stereocenters. The van der Waals surface area contributed by atoms with E-state index in [1.165, 1.54) is 0 Å². The lowest BCUT2D eigenvalue weighted by molar-refractivity contribution is -0.111. The molecule has 2 nitrogen and oxygen atoms in total. The fourth-order valence-electron chi connectivity index (χ4n) is 0.926. The molecule has 0 saturated heterocycles. The van der Waals surface area contributed by atoms with Crippen LogP contribution in [0, 0.1) is 0 Å². The van der Waals surface area contributed by atoms with E-state index in [1.807, 2.05) is 6.07 Å². The lowest BCUT2D eigenvalue weighted by Crippen LogP contribution is -2.07. The quantitative estimate of drug-likeness (QED) is 0.414. The van der Waals surface area contributed by atoms with Crippen molar-refractivity contribution in [3.05, 3.63) is 35.9 Å². The average Bonchev–Trinajstić information content (AvgIpc) is 2.19. The van der Waals surface area contributed by atoms with E-state index < -0.39 is 0 Å². The van der Waals surface area contributed by atoms with E-state index in [0.29, 0.717) is 5.56 Å². The van der Waals surface area contributed by atoms with Gasteiger partial charge in [-0.25, -0.2) is 0 Å². The van der Waals surface area contributed by atoms with E-state index in [9.17, 15) is 9.59 Å². The van der Waals surface area contributed by atoms with E-state index in [1.54, 1.807) is 24.3 Å². The van der Waals surface area contributed by atoms with Crippen LogP contribution in [0.4, 0.5) is 0 Å². The molecule has 0 fully saturated rings. The molecule has 13 heavy (non-hydrogen) atoms. The van der Waals surface area contributed by atoms with Crippen molar-refractivity contribution in [3.63, 3.8) is 0 Å². The van der Waals surface area contributed by atoms with Crippen LogP contribution >= 0.6 is 12.2 Å². The second-order valence-corrected chi connectivity index (χ2v) is 2.79. The summed E-state index contributed by atoms with van der Waals surface area (Å²) < 4.78 is 0. The van der Waals surface area contributed by atoms with Crippen molar-refractivity contribution in [2.24, 2.45) is 0 Å². The molecule has 3 heteroatoms. The second-order valence-electron chi connectivity index (χ2n) is 2.55. The Bertz CT molecular complexity index is 330. The topological polar surface area (TPSA) is 34.1 Å². The van der Waals surface area contributed by atoms with Crippen molar-refractivity contribution in [1.29, 1.82) is 0 Å². The zero-order valence-corrected chi connectivity index (χ0v) is 7.71. The van der Waals surface area contributed by atoms with Crippen LogP contribution in [0.3, 0.4) is 0 Å². The Morgan fingerprint density at radius 3 is 2.38 bits per heavy atom. The zero-order chi connectivity index (χ0) is 9.68. The molecule has 0 N–H and O–H groups in total. The molecule has 0 aliphatic carbocycles. The highest BCUT2D eigenvalue weighted by Gasteiger charge is 2.08. The number of thiocarbonyl (C=S) groups is 1. The molecular weight excluding hydrogens is 184 g/mol. The number of Topliss-reactive ketones (excluding diaryl/α,β-unsaturated/α-hetero) is 2. The van der Waals surface area contributed by atoms with Gasteiger partial charge in [0.2, 0.25) is 0 Å². The average molecular weight is 192 g/mol. The van der Waals surface area contributed by atoms with Crippen LogP contribution in [0.5, 0.6) is 0 Å². The van der Waals surface area contributed by atoms with Crippen LogP contribution in [0.1, 0.15) is 16.8 Å². The lowest BCUT2D eigenvalue weighted by Gasteiger charge is -1.96. The van der Waals surface area contributed by atoms with E-state index in [-0.39, 0.29) is 18.0 Å². The Balaban J connectivity index is 2.70. The minimum Gasteiger partial charge on any atom is -0.294 e. The van der Waals surface area contributed by atoms with Gasteiger partial charge >= 0.3 is 0 Å². The summed E-state index contributed by atoms with van der Waals surface area (Å²) in [5.74, 6) is -0.504. The Labute approximate surface area is 81.6 Å². The Morgan fingerprint density at radius 2 is 1.85 bits per heavy atom. The van der Waals surface area contributed by atoms with Crippen LogP contribution in [-0.4, -0.2) is 16.9 Å². The molecule has 0 aliphatic heterocycles. The number of carbonyl (C=O) groups is 2. The minimum atomic E-state index is -0.316. The Kier molecular flexibility index (Phi) is 3.46. The van der Waals surface area contributed by atoms with Crippen LogP contribution < -0.4 is 0 Å². The van der Waals surface area contributed by atoms with Gasteiger partial charge in [-0.05, 0) is 0 Å². The molecule has 0 heterocycles. The normalized spacial score (nSPS) is 9.23.